The number of imidazole rings is 1. The van der Waals surface area contributed by atoms with Gasteiger partial charge in [0.15, 0.2) is 18.2 Å². The Morgan fingerprint density at radius 2 is 1.84 bits per heavy atom. The minimum absolute atomic E-state index is 0.0570. The number of rotatable bonds is 9. The molecule has 6 rings (SSSR count). The fraction of sp³-hybridized carbons (Fsp3) is 0.360. The number of carboxylic acids is 1. The number of amides is 2. The second-order valence-electron chi connectivity index (χ2n) is 9.65. The zero-order chi connectivity index (χ0) is 27.2. The molecule has 2 bridgehead atoms. The zero-order valence-corrected chi connectivity index (χ0v) is 20.5. The molecule has 3 aromatic rings. The van der Waals surface area contributed by atoms with Gasteiger partial charge < -0.3 is 25.0 Å². The van der Waals surface area contributed by atoms with Gasteiger partial charge in [-0.05, 0) is 37.3 Å². The maximum atomic E-state index is 13.7. The molecule has 1 unspecified atom stereocenters. The van der Waals surface area contributed by atoms with E-state index in [0.29, 0.717) is 19.3 Å². The molecule has 0 saturated heterocycles. The van der Waals surface area contributed by atoms with Gasteiger partial charge in [-0.25, -0.2) is 18.2 Å². The van der Waals surface area contributed by atoms with Crippen molar-refractivity contribution in [1.82, 2.24) is 20.2 Å². The normalized spacial score (nSPS) is 21.7. The molecule has 0 spiro atoms. The van der Waals surface area contributed by atoms with Gasteiger partial charge in [-0.15, -0.1) is 0 Å². The number of carbonyl (C=O) groups is 3. The van der Waals surface area contributed by atoms with Crippen LogP contribution in [0.5, 0.6) is 5.75 Å². The zero-order valence-electron chi connectivity index (χ0n) is 19.8. The molecule has 0 radical (unpaired) electrons. The van der Waals surface area contributed by atoms with E-state index in [9.17, 15) is 32.7 Å². The number of aromatic nitrogens is 2. The third-order valence-electron chi connectivity index (χ3n) is 7.07. The van der Waals surface area contributed by atoms with Crippen LogP contribution in [0.2, 0.25) is 5.02 Å². The number of aliphatic carboxylic acids is 1. The molecular formula is C25H22ClF3N4O5. The SMILES string of the molecule is O=C(O)Cn1c(CNC(=O)C2CC3(NC(=O)COc4ccc(Cl)c(F)c4)CC2C3)nc2cc(F)c(F)cc21. The predicted octanol–water partition coefficient (Wildman–Crippen LogP) is 3.17. The van der Waals surface area contributed by atoms with Gasteiger partial charge in [-0.1, -0.05) is 11.6 Å². The van der Waals surface area contributed by atoms with Crippen molar-refractivity contribution in [3.8, 4) is 5.75 Å². The molecule has 3 aliphatic carbocycles. The average molecular weight is 551 g/mol. The summed E-state index contributed by atoms with van der Waals surface area (Å²) in [5.41, 5.74) is -0.365. The molecule has 200 valence electrons. The highest BCUT2D eigenvalue weighted by molar-refractivity contribution is 6.30. The first-order valence-corrected chi connectivity index (χ1v) is 12.1. The maximum absolute atomic E-state index is 13.7. The monoisotopic (exact) mass is 550 g/mol. The van der Waals surface area contributed by atoms with E-state index in [-0.39, 0.29) is 58.5 Å². The molecule has 2 aromatic carbocycles. The van der Waals surface area contributed by atoms with E-state index in [1.165, 1.54) is 16.7 Å². The van der Waals surface area contributed by atoms with Crippen LogP contribution in [0.25, 0.3) is 11.0 Å². The van der Waals surface area contributed by atoms with Crippen LogP contribution in [0.4, 0.5) is 13.2 Å². The number of ether oxygens (including phenoxy) is 1. The quantitative estimate of drug-likeness (QED) is 0.376. The Morgan fingerprint density at radius 1 is 1.11 bits per heavy atom. The average Bonchev–Trinajstić information content (AvgIpc) is 3.48. The summed E-state index contributed by atoms with van der Waals surface area (Å²) in [5.74, 6) is -4.83. The van der Waals surface area contributed by atoms with Crippen LogP contribution in [0.15, 0.2) is 30.3 Å². The number of carboxylic acid groups (broad SMARTS) is 1. The molecule has 13 heteroatoms. The third kappa shape index (κ3) is 5.00. The van der Waals surface area contributed by atoms with Crippen LogP contribution in [-0.2, 0) is 27.5 Å². The van der Waals surface area contributed by atoms with E-state index >= 15 is 0 Å². The van der Waals surface area contributed by atoms with Crippen LogP contribution in [-0.4, -0.2) is 44.6 Å². The first-order chi connectivity index (χ1) is 18.0. The summed E-state index contributed by atoms with van der Waals surface area (Å²) in [4.78, 5) is 40.9. The van der Waals surface area contributed by atoms with Crippen LogP contribution in [0.1, 0.15) is 25.1 Å². The lowest BCUT2D eigenvalue weighted by Crippen LogP contribution is -2.53. The number of nitrogens with one attached hydrogen (secondary N) is 2. The number of hydrogen-bond acceptors (Lipinski definition) is 5. The molecule has 0 aliphatic heterocycles. The summed E-state index contributed by atoms with van der Waals surface area (Å²) >= 11 is 5.64. The topological polar surface area (TPSA) is 123 Å². The smallest absolute Gasteiger partial charge is 0.323 e. The lowest BCUT2D eigenvalue weighted by atomic mass is 9.76. The molecule has 3 saturated carbocycles. The van der Waals surface area contributed by atoms with Gasteiger partial charge >= 0.3 is 5.97 Å². The Balaban J connectivity index is 1.18. The largest absolute Gasteiger partial charge is 0.484 e. The lowest BCUT2D eigenvalue weighted by molar-refractivity contribution is -0.137. The highest BCUT2D eigenvalue weighted by Crippen LogP contribution is 2.55. The minimum Gasteiger partial charge on any atom is -0.484 e. The Morgan fingerprint density at radius 3 is 2.55 bits per heavy atom. The second kappa shape index (κ2) is 9.82. The molecule has 38 heavy (non-hydrogen) atoms. The molecule has 1 aromatic heterocycles. The number of fused-ring (bicyclic) bond motifs is 2. The highest BCUT2D eigenvalue weighted by Gasteiger charge is 2.58. The van der Waals surface area contributed by atoms with E-state index < -0.39 is 41.4 Å². The fourth-order valence-corrected chi connectivity index (χ4v) is 5.52. The molecule has 1 heterocycles. The van der Waals surface area contributed by atoms with Crippen molar-refractivity contribution >= 4 is 40.4 Å². The summed E-state index contributed by atoms with van der Waals surface area (Å²) in [6.07, 6.45) is 1.64. The number of hydrogen-bond donors (Lipinski definition) is 3. The van der Waals surface area contributed by atoms with Gasteiger partial charge in [0.2, 0.25) is 5.91 Å². The van der Waals surface area contributed by atoms with E-state index in [0.717, 1.165) is 18.2 Å². The molecule has 3 N–H and O–H groups in total. The van der Waals surface area contributed by atoms with E-state index in [4.69, 9.17) is 16.3 Å². The van der Waals surface area contributed by atoms with Crippen molar-refractivity contribution in [2.45, 2.75) is 37.9 Å². The lowest BCUT2D eigenvalue weighted by Gasteiger charge is -2.39. The molecule has 9 nitrogen and oxygen atoms in total. The van der Waals surface area contributed by atoms with Gasteiger partial charge in [0.25, 0.3) is 5.91 Å². The van der Waals surface area contributed by atoms with Crippen LogP contribution in [0.3, 0.4) is 0 Å². The first kappa shape index (κ1) is 25.8. The summed E-state index contributed by atoms with van der Waals surface area (Å²) < 4.78 is 47.5. The van der Waals surface area contributed by atoms with Crippen molar-refractivity contribution in [3.05, 3.63) is 58.6 Å². The van der Waals surface area contributed by atoms with E-state index in [1.807, 2.05) is 0 Å². The number of carbonyl (C=O) groups excluding carboxylic acids is 2. The summed E-state index contributed by atoms with van der Waals surface area (Å²) in [6.45, 7) is -1.01. The molecular weight excluding hydrogens is 529 g/mol. The third-order valence-corrected chi connectivity index (χ3v) is 7.38. The summed E-state index contributed by atoms with van der Waals surface area (Å²) in [7, 11) is 0. The molecule has 3 fully saturated rings. The molecule has 2 amide bonds. The van der Waals surface area contributed by atoms with E-state index in [2.05, 4.69) is 15.6 Å². The summed E-state index contributed by atoms with van der Waals surface area (Å²) in [5, 5.41) is 14.8. The summed E-state index contributed by atoms with van der Waals surface area (Å²) in [6, 6.07) is 5.61. The van der Waals surface area contributed by atoms with Gasteiger partial charge in [-0.2, -0.15) is 0 Å². The molecule has 1 atom stereocenters. The minimum atomic E-state index is -1.21. The number of halogens is 4. The Kier molecular flexibility index (Phi) is 6.68. The van der Waals surface area contributed by atoms with Crippen molar-refractivity contribution < 1.29 is 37.4 Å². The van der Waals surface area contributed by atoms with Gasteiger partial charge in [0.1, 0.15) is 23.9 Å². The van der Waals surface area contributed by atoms with Crippen molar-refractivity contribution in [1.29, 1.82) is 0 Å². The van der Waals surface area contributed by atoms with Gasteiger partial charge in [0, 0.05) is 29.7 Å². The highest BCUT2D eigenvalue weighted by atomic mass is 35.5. The molecule has 3 aliphatic rings. The Hall–Kier alpha value is -3.80. The fourth-order valence-electron chi connectivity index (χ4n) is 5.40. The van der Waals surface area contributed by atoms with Crippen LogP contribution < -0.4 is 15.4 Å². The van der Waals surface area contributed by atoms with Gasteiger partial charge in [0.05, 0.1) is 22.6 Å². The second-order valence-corrected chi connectivity index (χ2v) is 10.1. The van der Waals surface area contributed by atoms with Crippen molar-refractivity contribution in [3.63, 3.8) is 0 Å². The standard InChI is InChI=1S/C25H22ClF3N4O5/c26-15-2-1-13(3-16(15)27)38-11-22(34)32-25-6-12(7-25)14(8-25)24(37)30-9-21-31-19-4-17(28)18(29)5-20(19)33(21)10-23(35)36/h1-5,12,14H,6-11H2,(H,30,37)(H,32,34)(H,35,36). The number of nitrogens with zero attached hydrogens (tertiary/aromatic N) is 2. The van der Waals surface area contributed by atoms with Crippen molar-refractivity contribution in [2.24, 2.45) is 11.8 Å². The van der Waals surface area contributed by atoms with Crippen LogP contribution >= 0.6 is 11.6 Å². The first-order valence-electron chi connectivity index (χ1n) is 11.8. The predicted molar refractivity (Wildman–Crippen MR) is 128 cm³/mol. The maximum Gasteiger partial charge on any atom is 0.323 e. The van der Waals surface area contributed by atoms with Crippen LogP contribution in [0, 0.1) is 29.3 Å². The number of benzene rings is 2. The van der Waals surface area contributed by atoms with E-state index in [1.54, 1.807) is 0 Å². The Labute approximate surface area is 218 Å². The Bertz CT molecular complexity index is 1460. The van der Waals surface area contributed by atoms with Crippen molar-refractivity contribution in [2.75, 3.05) is 6.61 Å². The van der Waals surface area contributed by atoms with Gasteiger partial charge in [-0.3, -0.25) is 14.4 Å².